The molecule has 0 amide bonds. The van der Waals surface area contributed by atoms with Crippen molar-refractivity contribution in [1.29, 1.82) is 0 Å². The van der Waals surface area contributed by atoms with Crippen LogP contribution < -0.4 is 0 Å². The molecule has 1 fully saturated rings. The molecular formula is C18H17ClO6S. The zero-order valence-corrected chi connectivity index (χ0v) is 15.5. The number of Topliss-reactive ketones (excluding diaryl/α,β-unsaturated/α-hetero) is 3. The summed E-state index contributed by atoms with van der Waals surface area (Å²) in [7, 11) is -3.44. The van der Waals surface area contributed by atoms with Crippen LogP contribution in [0, 0.1) is 5.92 Å². The van der Waals surface area contributed by atoms with Crippen LogP contribution in [0.2, 0.25) is 5.02 Å². The van der Waals surface area contributed by atoms with Gasteiger partial charge in [-0.2, -0.15) is 0 Å². The van der Waals surface area contributed by atoms with Crippen LogP contribution in [0.5, 0.6) is 0 Å². The van der Waals surface area contributed by atoms with E-state index >= 15 is 0 Å². The smallest absolute Gasteiger partial charge is 0.182 e. The average Bonchev–Trinajstić information content (AvgIpc) is 3.13. The summed E-state index contributed by atoms with van der Waals surface area (Å²) in [6, 6.07) is 7.31. The first-order valence-electron chi connectivity index (χ1n) is 7.78. The SMILES string of the molecule is CS(=O)(=O)c1ccc(C(=O)C2C(=O)CCCC2=O)c(Cl)c1.c1ccoc1. The van der Waals surface area contributed by atoms with Crippen molar-refractivity contribution in [3.05, 3.63) is 53.4 Å². The Kier molecular flexibility index (Phi) is 6.50. The van der Waals surface area contributed by atoms with Crippen molar-refractivity contribution >= 4 is 38.8 Å². The maximum Gasteiger partial charge on any atom is 0.182 e. The number of benzene rings is 1. The molecule has 6 nitrogen and oxygen atoms in total. The highest BCUT2D eigenvalue weighted by Gasteiger charge is 2.37. The zero-order chi connectivity index (χ0) is 19.3. The van der Waals surface area contributed by atoms with Gasteiger partial charge in [-0.15, -0.1) is 0 Å². The van der Waals surface area contributed by atoms with Crippen molar-refractivity contribution in [2.75, 3.05) is 6.26 Å². The standard InChI is InChI=1S/C14H13ClO5S.C4H4O/c1-21(19,20)8-5-6-9(10(15)7-8)14(18)13-11(16)3-2-4-12(13)17;1-2-4-5-3-1/h5-7,13H,2-4H2,1H3;1-4H. The molecule has 1 heterocycles. The Bertz CT molecular complexity index is 882. The number of carbonyl (C=O) groups is 3. The molecule has 0 spiro atoms. The number of hydrogen-bond acceptors (Lipinski definition) is 6. The van der Waals surface area contributed by atoms with Gasteiger partial charge in [0.15, 0.2) is 27.2 Å². The van der Waals surface area contributed by atoms with E-state index in [1.807, 2.05) is 12.1 Å². The predicted octanol–water partition coefficient (Wildman–Crippen LogP) is 3.14. The van der Waals surface area contributed by atoms with Gasteiger partial charge in [-0.25, -0.2) is 8.42 Å². The molecule has 0 atom stereocenters. The second-order valence-electron chi connectivity index (χ2n) is 5.79. The van der Waals surface area contributed by atoms with Crippen LogP contribution in [0.25, 0.3) is 0 Å². The van der Waals surface area contributed by atoms with Gasteiger partial charge in [-0.3, -0.25) is 14.4 Å². The van der Waals surface area contributed by atoms with Gasteiger partial charge in [0.2, 0.25) is 0 Å². The van der Waals surface area contributed by atoms with Crippen LogP contribution in [-0.2, 0) is 19.4 Å². The molecule has 1 aromatic heterocycles. The number of carbonyl (C=O) groups excluding carboxylic acids is 3. The molecule has 0 saturated heterocycles. The number of ketones is 3. The molecule has 0 aliphatic heterocycles. The first kappa shape index (κ1) is 20.1. The second-order valence-corrected chi connectivity index (χ2v) is 8.21. The summed E-state index contributed by atoms with van der Waals surface area (Å²) < 4.78 is 27.4. The van der Waals surface area contributed by atoms with Gasteiger partial charge in [0.25, 0.3) is 0 Å². The van der Waals surface area contributed by atoms with E-state index in [0.29, 0.717) is 6.42 Å². The fourth-order valence-electron chi connectivity index (χ4n) is 2.51. The van der Waals surface area contributed by atoms with Crippen LogP contribution in [0.4, 0.5) is 0 Å². The van der Waals surface area contributed by atoms with Crippen LogP contribution in [-0.4, -0.2) is 32.0 Å². The van der Waals surface area contributed by atoms with E-state index in [9.17, 15) is 22.8 Å². The van der Waals surface area contributed by atoms with Gasteiger partial charge < -0.3 is 4.42 Å². The molecule has 3 rings (SSSR count). The third kappa shape index (κ3) is 4.89. The molecule has 2 aromatic rings. The lowest BCUT2D eigenvalue weighted by Crippen LogP contribution is -2.35. The lowest BCUT2D eigenvalue weighted by molar-refractivity contribution is -0.133. The Labute approximate surface area is 156 Å². The van der Waals surface area contributed by atoms with Crippen molar-refractivity contribution in [2.24, 2.45) is 5.92 Å². The molecule has 0 unspecified atom stereocenters. The number of sulfone groups is 1. The predicted molar refractivity (Wildman–Crippen MR) is 95.0 cm³/mol. The summed E-state index contributed by atoms with van der Waals surface area (Å²) in [5.74, 6) is -2.77. The summed E-state index contributed by atoms with van der Waals surface area (Å²) in [6.45, 7) is 0. The van der Waals surface area contributed by atoms with E-state index in [2.05, 4.69) is 4.42 Å². The molecule has 1 aliphatic carbocycles. The van der Waals surface area contributed by atoms with Gasteiger partial charge in [0.05, 0.1) is 22.4 Å². The second kappa shape index (κ2) is 8.42. The molecule has 8 heteroatoms. The van der Waals surface area contributed by atoms with Crippen molar-refractivity contribution in [2.45, 2.75) is 24.2 Å². The van der Waals surface area contributed by atoms with Gasteiger partial charge in [-0.05, 0) is 36.8 Å². The number of hydrogen-bond donors (Lipinski definition) is 0. The Hall–Kier alpha value is -2.25. The third-order valence-corrected chi connectivity index (χ3v) is 5.23. The highest BCUT2D eigenvalue weighted by Crippen LogP contribution is 2.27. The average molecular weight is 397 g/mol. The van der Waals surface area contributed by atoms with Crippen LogP contribution in [0.15, 0.2) is 52.2 Å². The summed E-state index contributed by atoms with van der Waals surface area (Å²) in [5, 5.41) is -0.0749. The number of rotatable bonds is 3. The lowest BCUT2D eigenvalue weighted by atomic mass is 9.82. The van der Waals surface area contributed by atoms with Gasteiger partial charge in [-0.1, -0.05) is 11.6 Å². The normalized spacial score (nSPS) is 15.3. The number of halogens is 1. The Morgan fingerprint density at radius 3 is 2.12 bits per heavy atom. The van der Waals surface area contributed by atoms with E-state index < -0.39 is 33.1 Å². The van der Waals surface area contributed by atoms with E-state index in [4.69, 9.17) is 11.6 Å². The van der Waals surface area contributed by atoms with E-state index in [1.54, 1.807) is 12.5 Å². The van der Waals surface area contributed by atoms with Gasteiger partial charge in [0.1, 0.15) is 5.92 Å². The van der Waals surface area contributed by atoms with Gasteiger partial charge >= 0.3 is 0 Å². The fourth-order valence-corrected chi connectivity index (χ4v) is 3.49. The summed E-state index contributed by atoms with van der Waals surface area (Å²) in [6.07, 6.45) is 5.12. The molecule has 0 N–H and O–H groups in total. The van der Waals surface area contributed by atoms with Crippen molar-refractivity contribution in [3.63, 3.8) is 0 Å². The highest BCUT2D eigenvalue weighted by molar-refractivity contribution is 7.90. The van der Waals surface area contributed by atoms with Gasteiger partial charge in [0, 0.05) is 24.7 Å². The monoisotopic (exact) mass is 396 g/mol. The van der Waals surface area contributed by atoms with E-state index in [1.165, 1.54) is 12.1 Å². The first-order valence-corrected chi connectivity index (χ1v) is 10.0. The van der Waals surface area contributed by atoms with Crippen molar-refractivity contribution in [3.8, 4) is 0 Å². The van der Waals surface area contributed by atoms with Crippen molar-refractivity contribution in [1.82, 2.24) is 0 Å². The molecule has 0 bridgehead atoms. The zero-order valence-electron chi connectivity index (χ0n) is 14.0. The van der Waals surface area contributed by atoms with E-state index in [-0.39, 0.29) is 28.3 Å². The van der Waals surface area contributed by atoms with Crippen LogP contribution in [0.1, 0.15) is 29.6 Å². The highest BCUT2D eigenvalue weighted by atomic mass is 35.5. The molecule has 26 heavy (non-hydrogen) atoms. The van der Waals surface area contributed by atoms with Crippen LogP contribution in [0.3, 0.4) is 0 Å². The van der Waals surface area contributed by atoms with Crippen molar-refractivity contribution < 1.29 is 27.2 Å². The summed E-state index contributed by atoms with van der Waals surface area (Å²) >= 11 is 5.94. The largest absolute Gasteiger partial charge is 0.473 e. The fraction of sp³-hybridized carbons (Fsp3) is 0.278. The van der Waals surface area contributed by atoms with Crippen LogP contribution >= 0.6 is 11.6 Å². The third-order valence-electron chi connectivity index (χ3n) is 3.81. The quantitative estimate of drug-likeness (QED) is 0.583. The maximum atomic E-state index is 12.3. The molecular weight excluding hydrogens is 380 g/mol. The maximum absolute atomic E-state index is 12.3. The summed E-state index contributed by atoms with van der Waals surface area (Å²) in [4.78, 5) is 35.9. The minimum Gasteiger partial charge on any atom is -0.473 e. The Balaban J connectivity index is 0.000000417. The molecule has 1 saturated carbocycles. The van der Waals surface area contributed by atoms with E-state index in [0.717, 1.165) is 12.3 Å². The lowest BCUT2D eigenvalue weighted by Gasteiger charge is -2.18. The summed E-state index contributed by atoms with van der Waals surface area (Å²) in [5.41, 5.74) is -0.00216. The molecule has 138 valence electrons. The Morgan fingerprint density at radius 1 is 1.12 bits per heavy atom. The Morgan fingerprint density at radius 2 is 1.69 bits per heavy atom. The minimum absolute atomic E-state index is 0.00216. The number of furan rings is 1. The molecule has 1 aliphatic rings. The molecule has 0 radical (unpaired) electrons. The molecule has 1 aromatic carbocycles. The topological polar surface area (TPSA) is 98.5 Å². The first-order chi connectivity index (χ1) is 12.2. The minimum atomic E-state index is -3.44.